The van der Waals surface area contributed by atoms with Crippen LogP contribution in [0.2, 0.25) is 0 Å². The van der Waals surface area contributed by atoms with E-state index in [4.69, 9.17) is 10.5 Å². The Balaban J connectivity index is 1.47. The second-order valence-corrected chi connectivity index (χ2v) is 5.79. The summed E-state index contributed by atoms with van der Waals surface area (Å²) >= 11 is 0. The van der Waals surface area contributed by atoms with E-state index in [9.17, 15) is 5.11 Å². The van der Waals surface area contributed by atoms with Gasteiger partial charge in [-0.25, -0.2) is 0 Å². The number of hydrogen-bond donors (Lipinski definition) is 2. The number of hydrogen-bond acceptors (Lipinski definition) is 4. The van der Waals surface area contributed by atoms with Gasteiger partial charge in [0.1, 0.15) is 18.5 Å². The average Bonchev–Trinajstić information content (AvgIpc) is 3.00. The van der Waals surface area contributed by atoms with Gasteiger partial charge in [-0.15, -0.1) is 0 Å². The van der Waals surface area contributed by atoms with E-state index in [0.29, 0.717) is 30.6 Å². The number of anilines is 1. The molecule has 3 rings (SSSR count). The molecular formula is C15H22N2O2. The molecular weight excluding hydrogens is 240 g/mol. The SMILES string of the molecule is Nc1ccccc1OCC(O)CN1CC2CCC1C2. The number of ether oxygens (including phenoxy) is 1. The van der Waals surface area contributed by atoms with Crippen molar-refractivity contribution in [3.8, 4) is 5.75 Å². The van der Waals surface area contributed by atoms with Crippen molar-refractivity contribution in [1.29, 1.82) is 0 Å². The molecule has 1 aromatic rings. The topological polar surface area (TPSA) is 58.7 Å². The highest BCUT2D eigenvalue weighted by atomic mass is 16.5. The van der Waals surface area contributed by atoms with Crippen LogP contribution in [-0.2, 0) is 0 Å². The van der Waals surface area contributed by atoms with Crippen molar-refractivity contribution in [2.75, 3.05) is 25.4 Å². The van der Waals surface area contributed by atoms with Crippen molar-refractivity contribution in [2.24, 2.45) is 5.92 Å². The van der Waals surface area contributed by atoms with E-state index < -0.39 is 6.10 Å². The quantitative estimate of drug-likeness (QED) is 0.789. The number of rotatable bonds is 5. The van der Waals surface area contributed by atoms with Gasteiger partial charge in [-0.2, -0.15) is 0 Å². The fourth-order valence-corrected chi connectivity index (χ4v) is 3.37. The van der Waals surface area contributed by atoms with Crippen molar-refractivity contribution in [3.63, 3.8) is 0 Å². The number of likely N-dealkylation sites (tertiary alicyclic amines) is 1. The monoisotopic (exact) mass is 262 g/mol. The van der Waals surface area contributed by atoms with E-state index in [1.807, 2.05) is 18.2 Å². The number of fused-ring (bicyclic) bond motifs is 2. The molecule has 19 heavy (non-hydrogen) atoms. The average molecular weight is 262 g/mol. The molecule has 104 valence electrons. The lowest BCUT2D eigenvalue weighted by Crippen LogP contribution is -2.40. The maximum atomic E-state index is 10.1. The molecule has 0 spiro atoms. The lowest BCUT2D eigenvalue weighted by Gasteiger charge is -2.28. The predicted octanol–water partition coefficient (Wildman–Crippen LogP) is 1.49. The van der Waals surface area contributed by atoms with Crippen LogP contribution in [-0.4, -0.2) is 41.8 Å². The van der Waals surface area contributed by atoms with Crippen LogP contribution in [0.25, 0.3) is 0 Å². The van der Waals surface area contributed by atoms with Crippen LogP contribution >= 0.6 is 0 Å². The fourth-order valence-electron chi connectivity index (χ4n) is 3.37. The number of nitrogen functional groups attached to an aromatic ring is 1. The van der Waals surface area contributed by atoms with E-state index in [-0.39, 0.29) is 0 Å². The Morgan fingerprint density at radius 1 is 1.37 bits per heavy atom. The Labute approximate surface area is 114 Å². The highest BCUT2D eigenvalue weighted by Gasteiger charge is 2.38. The number of nitrogens with two attached hydrogens (primary N) is 1. The molecule has 0 radical (unpaired) electrons. The van der Waals surface area contributed by atoms with Crippen LogP contribution in [0.3, 0.4) is 0 Å². The number of benzene rings is 1. The lowest BCUT2D eigenvalue weighted by atomic mass is 10.1. The number of piperidine rings is 1. The Bertz CT molecular complexity index is 438. The van der Waals surface area contributed by atoms with Crippen molar-refractivity contribution >= 4 is 5.69 Å². The smallest absolute Gasteiger partial charge is 0.142 e. The van der Waals surface area contributed by atoms with E-state index in [0.717, 1.165) is 12.5 Å². The predicted molar refractivity (Wildman–Crippen MR) is 75.1 cm³/mol. The van der Waals surface area contributed by atoms with Gasteiger partial charge in [0.2, 0.25) is 0 Å². The van der Waals surface area contributed by atoms with Gasteiger partial charge in [-0.1, -0.05) is 12.1 Å². The van der Waals surface area contributed by atoms with Crippen LogP contribution in [0.5, 0.6) is 5.75 Å². The first-order valence-electron chi connectivity index (χ1n) is 7.12. The van der Waals surface area contributed by atoms with E-state index in [1.54, 1.807) is 6.07 Å². The summed E-state index contributed by atoms with van der Waals surface area (Å²) in [5.74, 6) is 1.52. The maximum absolute atomic E-state index is 10.1. The zero-order chi connectivity index (χ0) is 13.2. The molecule has 1 saturated carbocycles. The van der Waals surface area contributed by atoms with Crippen LogP contribution in [0, 0.1) is 5.92 Å². The fraction of sp³-hybridized carbons (Fsp3) is 0.600. The summed E-state index contributed by atoms with van der Waals surface area (Å²) in [7, 11) is 0. The zero-order valence-electron chi connectivity index (χ0n) is 11.2. The lowest BCUT2D eigenvalue weighted by molar-refractivity contribution is 0.0576. The summed E-state index contributed by atoms with van der Waals surface area (Å²) in [5.41, 5.74) is 6.42. The molecule has 2 fully saturated rings. The molecule has 4 heteroatoms. The highest BCUT2D eigenvalue weighted by molar-refractivity contribution is 5.51. The first-order chi connectivity index (χ1) is 9.22. The van der Waals surface area contributed by atoms with Crippen molar-refractivity contribution < 1.29 is 9.84 Å². The van der Waals surface area contributed by atoms with Gasteiger partial charge in [-0.3, -0.25) is 4.90 Å². The molecule has 0 aromatic heterocycles. The molecule has 2 aliphatic rings. The van der Waals surface area contributed by atoms with Gasteiger partial charge in [0.05, 0.1) is 5.69 Å². The Hall–Kier alpha value is -1.26. The van der Waals surface area contributed by atoms with Gasteiger partial charge in [0, 0.05) is 19.1 Å². The Kier molecular flexibility index (Phi) is 3.62. The van der Waals surface area contributed by atoms with Gasteiger partial charge in [0.25, 0.3) is 0 Å². The third kappa shape index (κ3) is 2.85. The molecule has 2 bridgehead atoms. The minimum absolute atomic E-state index is 0.308. The summed E-state index contributed by atoms with van der Waals surface area (Å²) in [6, 6.07) is 8.10. The third-order valence-corrected chi connectivity index (χ3v) is 4.32. The third-order valence-electron chi connectivity index (χ3n) is 4.32. The highest BCUT2D eigenvalue weighted by Crippen LogP contribution is 2.37. The van der Waals surface area contributed by atoms with Gasteiger partial charge in [-0.05, 0) is 37.3 Å². The summed E-state index contributed by atoms with van der Waals surface area (Å²) < 4.78 is 5.59. The summed E-state index contributed by atoms with van der Waals surface area (Å²) in [6.45, 7) is 2.17. The van der Waals surface area contributed by atoms with Crippen LogP contribution < -0.4 is 10.5 Å². The van der Waals surface area contributed by atoms with Gasteiger partial charge >= 0.3 is 0 Å². The summed E-state index contributed by atoms with van der Waals surface area (Å²) in [6.07, 6.45) is 3.54. The standard InChI is InChI=1S/C15H22N2O2/c16-14-3-1-2-4-15(14)19-10-13(18)9-17-8-11-5-6-12(17)7-11/h1-4,11-13,18H,5-10,16H2. The number of aliphatic hydroxyl groups excluding tert-OH is 1. The van der Waals surface area contributed by atoms with Crippen molar-refractivity contribution in [1.82, 2.24) is 4.90 Å². The van der Waals surface area contributed by atoms with E-state index >= 15 is 0 Å². The molecule has 0 amide bonds. The van der Waals surface area contributed by atoms with Gasteiger partial charge < -0.3 is 15.6 Å². The minimum Gasteiger partial charge on any atom is -0.489 e. The van der Waals surface area contributed by atoms with Crippen LogP contribution in [0.1, 0.15) is 19.3 Å². The maximum Gasteiger partial charge on any atom is 0.142 e. The molecule has 1 heterocycles. The number of aliphatic hydroxyl groups is 1. The number of nitrogens with zero attached hydrogens (tertiary/aromatic N) is 1. The minimum atomic E-state index is -0.445. The second-order valence-electron chi connectivity index (χ2n) is 5.79. The Morgan fingerprint density at radius 3 is 2.89 bits per heavy atom. The van der Waals surface area contributed by atoms with Crippen molar-refractivity contribution in [3.05, 3.63) is 24.3 Å². The van der Waals surface area contributed by atoms with E-state index in [2.05, 4.69) is 4.90 Å². The normalized spacial score (nSPS) is 27.6. The Morgan fingerprint density at radius 2 is 2.21 bits per heavy atom. The van der Waals surface area contributed by atoms with Gasteiger partial charge in [0.15, 0.2) is 0 Å². The second kappa shape index (κ2) is 5.39. The molecule has 1 aromatic carbocycles. The largest absolute Gasteiger partial charge is 0.489 e. The molecule has 3 N–H and O–H groups in total. The first-order valence-corrected chi connectivity index (χ1v) is 7.12. The van der Waals surface area contributed by atoms with Crippen molar-refractivity contribution in [2.45, 2.75) is 31.4 Å². The number of para-hydroxylation sites is 2. The number of β-amino-alcohol motifs (C(OH)–C–C–N with tert-alkyl or cyclic N) is 1. The summed E-state index contributed by atoms with van der Waals surface area (Å²) in [4.78, 5) is 2.41. The molecule has 3 atom stereocenters. The molecule has 3 unspecified atom stereocenters. The molecule has 1 aliphatic heterocycles. The van der Waals surface area contributed by atoms with Crippen LogP contribution in [0.4, 0.5) is 5.69 Å². The first kappa shape index (κ1) is 12.8. The molecule has 1 aliphatic carbocycles. The molecule has 1 saturated heterocycles. The summed E-state index contributed by atoms with van der Waals surface area (Å²) in [5, 5.41) is 10.1. The van der Waals surface area contributed by atoms with E-state index in [1.165, 1.54) is 19.3 Å². The zero-order valence-corrected chi connectivity index (χ0v) is 11.2. The van der Waals surface area contributed by atoms with Crippen LogP contribution in [0.15, 0.2) is 24.3 Å². The molecule has 4 nitrogen and oxygen atoms in total.